The predicted octanol–water partition coefficient (Wildman–Crippen LogP) is 1.85. The van der Waals surface area contributed by atoms with Gasteiger partial charge in [-0.2, -0.15) is 0 Å². The second-order valence-corrected chi connectivity index (χ2v) is 4.13. The Hall–Kier alpha value is -0.800. The van der Waals surface area contributed by atoms with E-state index in [0.717, 1.165) is 43.9 Å². The summed E-state index contributed by atoms with van der Waals surface area (Å²) in [6.45, 7) is 6.04. The van der Waals surface area contributed by atoms with Crippen molar-refractivity contribution in [1.82, 2.24) is 5.32 Å². The van der Waals surface area contributed by atoms with E-state index in [4.69, 9.17) is 10.2 Å². The molecule has 0 amide bonds. The largest absolute Gasteiger partial charge is 0.466 e. The van der Waals surface area contributed by atoms with E-state index in [9.17, 15) is 0 Å². The molecule has 0 aromatic carbocycles. The van der Waals surface area contributed by atoms with Crippen molar-refractivity contribution in [3.05, 3.63) is 23.7 Å². The Morgan fingerprint density at radius 3 is 2.80 bits per heavy atom. The van der Waals surface area contributed by atoms with Gasteiger partial charge in [0.05, 0.1) is 0 Å². The predicted molar refractivity (Wildman–Crippen MR) is 62.9 cm³/mol. The molecule has 3 N–H and O–H groups in total. The van der Waals surface area contributed by atoms with E-state index in [0.29, 0.717) is 6.04 Å². The molecule has 0 radical (unpaired) electrons. The van der Waals surface area contributed by atoms with E-state index >= 15 is 0 Å². The maximum Gasteiger partial charge on any atom is 0.105 e. The maximum absolute atomic E-state index is 5.66. The Morgan fingerprint density at radius 2 is 2.20 bits per heavy atom. The number of aryl methyl sites for hydroxylation is 1. The zero-order chi connectivity index (χ0) is 11.1. The first-order valence-corrected chi connectivity index (χ1v) is 5.70. The van der Waals surface area contributed by atoms with Gasteiger partial charge in [0, 0.05) is 19.0 Å². The van der Waals surface area contributed by atoms with Crippen molar-refractivity contribution >= 4 is 0 Å². The Labute approximate surface area is 92.0 Å². The van der Waals surface area contributed by atoms with Crippen molar-refractivity contribution in [3.63, 3.8) is 0 Å². The van der Waals surface area contributed by atoms with Gasteiger partial charge in [-0.1, -0.05) is 0 Å². The zero-order valence-corrected chi connectivity index (χ0v) is 9.75. The number of hydrogen-bond acceptors (Lipinski definition) is 3. The normalized spacial score (nSPS) is 13.0. The summed E-state index contributed by atoms with van der Waals surface area (Å²) in [7, 11) is 0. The van der Waals surface area contributed by atoms with Gasteiger partial charge in [0.1, 0.15) is 11.5 Å². The van der Waals surface area contributed by atoms with Gasteiger partial charge in [-0.3, -0.25) is 0 Å². The van der Waals surface area contributed by atoms with Crippen LogP contribution < -0.4 is 11.1 Å². The molecule has 0 aliphatic heterocycles. The lowest BCUT2D eigenvalue weighted by Crippen LogP contribution is -2.21. The van der Waals surface area contributed by atoms with Crippen LogP contribution in [0.15, 0.2) is 16.5 Å². The molecule has 1 heterocycles. The van der Waals surface area contributed by atoms with Crippen LogP contribution in [0.2, 0.25) is 0 Å². The molecule has 3 nitrogen and oxygen atoms in total. The van der Waals surface area contributed by atoms with Crippen LogP contribution in [0.5, 0.6) is 0 Å². The average molecular weight is 210 g/mol. The minimum absolute atomic E-state index is 0.319. The van der Waals surface area contributed by atoms with Crippen molar-refractivity contribution in [1.29, 1.82) is 0 Å². The molecule has 1 rings (SSSR count). The van der Waals surface area contributed by atoms with Crippen molar-refractivity contribution in [2.45, 2.75) is 39.2 Å². The first-order chi connectivity index (χ1) is 7.18. The molecule has 0 saturated carbocycles. The number of nitrogens with one attached hydrogen (secondary N) is 1. The van der Waals surface area contributed by atoms with E-state index in [2.05, 4.69) is 5.32 Å². The summed E-state index contributed by atoms with van der Waals surface area (Å²) in [6.07, 6.45) is 3.20. The monoisotopic (exact) mass is 210 g/mol. The standard InChI is InChI=1S/C12H22N2O/c1-10(13)4-3-8-14-9-7-12-6-5-11(2)15-12/h5-6,10,14H,3-4,7-9,13H2,1-2H3. The van der Waals surface area contributed by atoms with Crippen LogP contribution in [0.1, 0.15) is 31.3 Å². The van der Waals surface area contributed by atoms with E-state index in [1.165, 1.54) is 0 Å². The molecular weight excluding hydrogens is 188 g/mol. The minimum atomic E-state index is 0.319. The van der Waals surface area contributed by atoms with Crippen LogP contribution >= 0.6 is 0 Å². The molecule has 3 heteroatoms. The number of nitrogens with two attached hydrogens (primary N) is 1. The SMILES string of the molecule is Cc1ccc(CCNCCCC(C)N)o1. The van der Waals surface area contributed by atoms with Crippen LogP contribution in [0.3, 0.4) is 0 Å². The third-order valence-corrected chi connectivity index (χ3v) is 2.36. The van der Waals surface area contributed by atoms with E-state index in [-0.39, 0.29) is 0 Å². The molecule has 1 atom stereocenters. The molecule has 1 aromatic rings. The summed E-state index contributed by atoms with van der Waals surface area (Å²) in [5.41, 5.74) is 5.66. The maximum atomic E-state index is 5.66. The number of hydrogen-bond donors (Lipinski definition) is 2. The van der Waals surface area contributed by atoms with Crippen LogP contribution in [-0.4, -0.2) is 19.1 Å². The Balaban J connectivity index is 1.98. The summed E-state index contributed by atoms with van der Waals surface area (Å²) in [5.74, 6) is 2.05. The highest BCUT2D eigenvalue weighted by Gasteiger charge is 1.98. The van der Waals surface area contributed by atoms with E-state index < -0.39 is 0 Å². The Bertz CT molecular complexity index is 268. The van der Waals surface area contributed by atoms with Crippen molar-refractivity contribution in [3.8, 4) is 0 Å². The number of furan rings is 1. The highest BCUT2D eigenvalue weighted by atomic mass is 16.3. The summed E-state index contributed by atoms with van der Waals surface area (Å²) >= 11 is 0. The van der Waals surface area contributed by atoms with Crippen molar-refractivity contribution < 1.29 is 4.42 Å². The van der Waals surface area contributed by atoms with Gasteiger partial charge in [-0.15, -0.1) is 0 Å². The molecule has 1 aromatic heterocycles. The van der Waals surface area contributed by atoms with Gasteiger partial charge in [0.15, 0.2) is 0 Å². The smallest absolute Gasteiger partial charge is 0.105 e. The van der Waals surface area contributed by atoms with Crippen molar-refractivity contribution in [2.75, 3.05) is 13.1 Å². The first-order valence-electron chi connectivity index (χ1n) is 5.70. The molecule has 0 bridgehead atoms. The fourth-order valence-electron chi connectivity index (χ4n) is 1.51. The molecule has 0 fully saturated rings. The van der Waals surface area contributed by atoms with Crippen LogP contribution in [0, 0.1) is 6.92 Å². The van der Waals surface area contributed by atoms with Crippen LogP contribution in [-0.2, 0) is 6.42 Å². The summed E-state index contributed by atoms with van der Waals surface area (Å²) in [4.78, 5) is 0. The quantitative estimate of drug-likeness (QED) is 0.675. The van der Waals surface area contributed by atoms with Gasteiger partial charge in [-0.05, 0) is 45.4 Å². The van der Waals surface area contributed by atoms with E-state index in [1.807, 2.05) is 26.0 Å². The number of rotatable bonds is 7. The van der Waals surface area contributed by atoms with Gasteiger partial charge >= 0.3 is 0 Å². The van der Waals surface area contributed by atoms with Crippen LogP contribution in [0.4, 0.5) is 0 Å². The van der Waals surface area contributed by atoms with Gasteiger partial charge in [0.25, 0.3) is 0 Å². The molecule has 15 heavy (non-hydrogen) atoms. The van der Waals surface area contributed by atoms with Crippen LogP contribution in [0.25, 0.3) is 0 Å². The van der Waals surface area contributed by atoms with Gasteiger partial charge in [-0.25, -0.2) is 0 Å². The van der Waals surface area contributed by atoms with Crippen molar-refractivity contribution in [2.24, 2.45) is 5.73 Å². The second kappa shape index (κ2) is 6.64. The van der Waals surface area contributed by atoms with E-state index in [1.54, 1.807) is 0 Å². The highest BCUT2D eigenvalue weighted by molar-refractivity contribution is 5.05. The average Bonchev–Trinajstić information content (AvgIpc) is 2.57. The molecule has 0 aliphatic carbocycles. The third-order valence-electron chi connectivity index (χ3n) is 2.36. The lowest BCUT2D eigenvalue weighted by Gasteiger charge is -2.05. The second-order valence-electron chi connectivity index (χ2n) is 4.13. The Kier molecular flexibility index (Phi) is 5.43. The Morgan fingerprint density at radius 1 is 1.40 bits per heavy atom. The van der Waals surface area contributed by atoms with Gasteiger partial charge < -0.3 is 15.5 Å². The first kappa shape index (κ1) is 12.3. The van der Waals surface area contributed by atoms with Gasteiger partial charge in [0.2, 0.25) is 0 Å². The lowest BCUT2D eigenvalue weighted by molar-refractivity contribution is 0.473. The summed E-state index contributed by atoms with van der Waals surface area (Å²) in [6, 6.07) is 4.37. The molecule has 0 saturated heterocycles. The third kappa shape index (κ3) is 5.60. The summed E-state index contributed by atoms with van der Waals surface area (Å²) < 4.78 is 5.47. The fraction of sp³-hybridized carbons (Fsp3) is 0.667. The molecule has 86 valence electrons. The molecule has 1 unspecified atom stereocenters. The minimum Gasteiger partial charge on any atom is -0.466 e. The zero-order valence-electron chi connectivity index (χ0n) is 9.75. The lowest BCUT2D eigenvalue weighted by atomic mass is 10.2. The molecule has 0 aliphatic rings. The molecular formula is C12H22N2O. The summed E-state index contributed by atoms with van der Waals surface area (Å²) in [5, 5.41) is 3.38. The molecule has 0 spiro atoms. The highest BCUT2D eigenvalue weighted by Crippen LogP contribution is 2.05. The fourth-order valence-corrected chi connectivity index (χ4v) is 1.51. The topological polar surface area (TPSA) is 51.2 Å².